The normalized spacial score (nSPS) is 25.5. The minimum absolute atomic E-state index is 0.247. The monoisotopic (exact) mass is 397 g/mol. The van der Waals surface area contributed by atoms with E-state index in [9.17, 15) is 0 Å². The van der Waals surface area contributed by atoms with Crippen molar-refractivity contribution in [3.05, 3.63) is 63.1 Å². The maximum atomic E-state index is 5.62. The quantitative estimate of drug-likeness (QED) is 0.633. The summed E-state index contributed by atoms with van der Waals surface area (Å²) in [5.41, 5.74) is 6.64. The predicted molar refractivity (Wildman–Crippen MR) is 103 cm³/mol. The molecular formula is C21H20BrNO2. The topological polar surface area (TPSA) is 30.5 Å². The predicted octanol–water partition coefficient (Wildman–Crippen LogP) is 5.62. The van der Waals surface area contributed by atoms with Gasteiger partial charge in [-0.2, -0.15) is 0 Å². The molecule has 128 valence electrons. The highest BCUT2D eigenvalue weighted by Crippen LogP contribution is 2.53. The van der Waals surface area contributed by atoms with Gasteiger partial charge in [0.25, 0.3) is 0 Å². The van der Waals surface area contributed by atoms with Gasteiger partial charge in [-0.15, -0.1) is 0 Å². The fourth-order valence-electron chi connectivity index (χ4n) is 4.40. The lowest BCUT2D eigenvalue weighted by atomic mass is 9.76. The Labute approximate surface area is 156 Å². The van der Waals surface area contributed by atoms with Gasteiger partial charge in [-0.05, 0) is 60.6 Å². The number of benzene rings is 2. The smallest absolute Gasteiger partial charge is 0.231 e. The van der Waals surface area contributed by atoms with Crippen LogP contribution in [0.4, 0.5) is 5.69 Å². The highest BCUT2D eigenvalue weighted by atomic mass is 79.9. The van der Waals surface area contributed by atoms with Crippen LogP contribution in [0.15, 0.2) is 40.9 Å². The first-order valence-electron chi connectivity index (χ1n) is 8.76. The summed E-state index contributed by atoms with van der Waals surface area (Å²) in [5.74, 6) is 2.65. The maximum Gasteiger partial charge on any atom is 0.231 e. The lowest BCUT2D eigenvalue weighted by Gasteiger charge is -2.39. The van der Waals surface area contributed by atoms with E-state index in [1.165, 1.54) is 27.9 Å². The molecule has 0 radical (unpaired) electrons. The first-order valence-corrected chi connectivity index (χ1v) is 9.55. The molecule has 3 atom stereocenters. The van der Waals surface area contributed by atoms with Crippen molar-refractivity contribution in [3.8, 4) is 11.5 Å². The number of allylic oxidation sites excluding steroid dienone is 2. The summed E-state index contributed by atoms with van der Waals surface area (Å²) >= 11 is 3.76. The van der Waals surface area contributed by atoms with E-state index < -0.39 is 0 Å². The molecule has 3 aliphatic rings. The number of ether oxygens (including phenoxy) is 2. The molecule has 0 saturated carbocycles. The van der Waals surface area contributed by atoms with E-state index in [1.807, 2.05) is 6.07 Å². The Hall–Kier alpha value is -1.94. The van der Waals surface area contributed by atoms with Gasteiger partial charge in [-0.1, -0.05) is 40.2 Å². The molecule has 1 N–H and O–H groups in total. The molecule has 0 aromatic heterocycles. The molecular weight excluding hydrogens is 378 g/mol. The van der Waals surface area contributed by atoms with Crippen molar-refractivity contribution in [2.45, 2.75) is 32.2 Å². The summed E-state index contributed by atoms with van der Waals surface area (Å²) in [4.78, 5) is 0. The van der Waals surface area contributed by atoms with Crippen LogP contribution >= 0.6 is 15.9 Å². The molecule has 1 aliphatic carbocycles. The molecule has 0 amide bonds. The Bertz CT molecular complexity index is 905. The van der Waals surface area contributed by atoms with Gasteiger partial charge in [-0.3, -0.25) is 0 Å². The molecule has 2 aromatic rings. The molecule has 25 heavy (non-hydrogen) atoms. The highest BCUT2D eigenvalue weighted by molar-refractivity contribution is 9.10. The van der Waals surface area contributed by atoms with Gasteiger partial charge in [0.2, 0.25) is 6.79 Å². The van der Waals surface area contributed by atoms with Crippen molar-refractivity contribution in [2.24, 2.45) is 5.92 Å². The summed E-state index contributed by atoms with van der Waals surface area (Å²) < 4.78 is 12.2. The summed E-state index contributed by atoms with van der Waals surface area (Å²) in [6, 6.07) is 8.96. The summed E-state index contributed by atoms with van der Waals surface area (Å²) in [6.07, 6.45) is 5.80. The van der Waals surface area contributed by atoms with E-state index in [2.05, 4.69) is 65.4 Å². The number of nitrogens with one attached hydrogen (secondary N) is 1. The van der Waals surface area contributed by atoms with Crippen LogP contribution in [0.3, 0.4) is 0 Å². The Morgan fingerprint density at radius 2 is 1.88 bits per heavy atom. The number of halogens is 1. The lowest BCUT2D eigenvalue weighted by molar-refractivity contribution is 0.174. The van der Waals surface area contributed by atoms with Crippen molar-refractivity contribution in [1.82, 2.24) is 0 Å². The number of anilines is 1. The van der Waals surface area contributed by atoms with E-state index in [-0.39, 0.29) is 6.04 Å². The average molecular weight is 398 g/mol. The van der Waals surface area contributed by atoms with Gasteiger partial charge in [0.1, 0.15) is 0 Å². The first kappa shape index (κ1) is 15.3. The summed E-state index contributed by atoms with van der Waals surface area (Å²) in [6.45, 7) is 4.70. The Kier molecular flexibility index (Phi) is 3.39. The molecule has 0 bridgehead atoms. The van der Waals surface area contributed by atoms with E-state index in [1.54, 1.807) is 0 Å². The van der Waals surface area contributed by atoms with Crippen molar-refractivity contribution < 1.29 is 9.47 Å². The van der Waals surface area contributed by atoms with Crippen LogP contribution in [0.2, 0.25) is 0 Å². The van der Waals surface area contributed by atoms with Gasteiger partial charge in [0, 0.05) is 16.1 Å². The van der Waals surface area contributed by atoms with Crippen LogP contribution in [-0.2, 0) is 0 Å². The fourth-order valence-corrected chi connectivity index (χ4v) is 4.97. The van der Waals surface area contributed by atoms with Crippen LogP contribution in [0.1, 0.15) is 40.6 Å². The zero-order valence-corrected chi connectivity index (χ0v) is 15.9. The standard InChI is InChI=1S/C21H20BrNO2/c1-11-6-7-15-13-4-3-5-14(13)21(23-20(15)12(11)2)16-8-18-19(9-17(16)22)25-10-24-18/h3-4,6-9,13-14,21,23H,5,10H2,1-2H3/t13-,14+,21-/m1/s1. The molecule has 0 spiro atoms. The van der Waals surface area contributed by atoms with E-state index in [0.29, 0.717) is 18.6 Å². The molecule has 0 unspecified atom stereocenters. The molecule has 0 saturated heterocycles. The molecule has 4 heteroatoms. The average Bonchev–Trinajstić information content (AvgIpc) is 3.25. The second-order valence-electron chi connectivity index (χ2n) is 7.17. The second kappa shape index (κ2) is 5.53. The number of rotatable bonds is 1. The Morgan fingerprint density at radius 3 is 2.72 bits per heavy atom. The van der Waals surface area contributed by atoms with Crippen molar-refractivity contribution >= 4 is 21.6 Å². The zero-order chi connectivity index (χ0) is 17.1. The number of aryl methyl sites for hydroxylation is 1. The van der Waals surface area contributed by atoms with Gasteiger partial charge in [0.05, 0.1) is 6.04 Å². The van der Waals surface area contributed by atoms with Gasteiger partial charge in [-0.25, -0.2) is 0 Å². The molecule has 0 fully saturated rings. The van der Waals surface area contributed by atoms with E-state index >= 15 is 0 Å². The minimum atomic E-state index is 0.247. The number of hydrogen-bond acceptors (Lipinski definition) is 3. The molecule has 3 nitrogen and oxygen atoms in total. The molecule has 5 rings (SSSR count). The van der Waals surface area contributed by atoms with Crippen LogP contribution in [-0.4, -0.2) is 6.79 Å². The maximum absolute atomic E-state index is 5.62. The van der Waals surface area contributed by atoms with Crippen molar-refractivity contribution in [3.63, 3.8) is 0 Å². The van der Waals surface area contributed by atoms with Crippen molar-refractivity contribution in [2.75, 3.05) is 12.1 Å². The molecule has 2 heterocycles. The molecule has 2 aromatic carbocycles. The summed E-state index contributed by atoms with van der Waals surface area (Å²) in [5, 5.41) is 3.86. The number of hydrogen-bond donors (Lipinski definition) is 1. The lowest BCUT2D eigenvalue weighted by Crippen LogP contribution is -2.30. The largest absolute Gasteiger partial charge is 0.454 e. The van der Waals surface area contributed by atoms with E-state index in [4.69, 9.17) is 9.47 Å². The minimum Gasteiger partial charge on any atom is -0.454 e. The first-order chi connectivity index (χ1) is 12.1. The Balaban J connectivity index is 1.65. The third-order valence-corrected chi connectivity index (χ3v) is 6.58. The van der Waals surface area contributed by atoms with Gasteiger partial charge in [0.15, 0.2) is 11.5 Å². The van der Waals surface area contributed by atoms with Crippen LogP contribution in [0.25, 0.3) is 0 Å². The van der Waals surface area contributed by atoms with Crippen LogP contribution in [0, 0.1) is 19.8 Å². The third kappa shape index (κ3) is 2.23. The number of fused-ring (bicyclic) bond motifs is 4. The zero-order valence-electron chi connectivity index (χ0n) is 14.3. The molecule has 2 aliphatic heterocycles. The van der Waals surface area contributed by atoms with Crippen LogP contribution in [0.5, 0.6) is 11.5 Å². The highest BCUT2D eigenvalue weighted by Gasteiger charge is 2.39. The Morgan fingerprint density at radius 1 is 1.08 bits per heavy atom. The van der Waals surface area contributed by atoms with E-state index in [0.717, 1.165) is 22.4 Å². The summed E-state index contributed by atoms with van der Waals surface area (Å²) in [7, 11) is 0. The fraction of sp³-hybridized carbons (Fsp3) is 0.333. The second-order valence-corrected chi connectivity index (χ2v) is 8.03. The van der Waals surface area contributed by atoms with Crippen LogP contribution < -0.4 is 14.8 Å². The van der Waals surface area contributed by atoms with Gasteiger partial charge < -0.3 is 14.8 Å². The van der Waals surface area contributed by atoms with Crippen molar-refractivity contribution in [1.29, 1.82) is 0 Å². The van der Waals surface area contributed by atoms with Gasteiger partial charge >= 0.3 is 0 Å². The third-order valence-electron chi connectivity index (χ3n) is 5.90. The SMILES string of the molecule is Cc1ccc2c(c1C)N[C@@H](c1cc3c(cc1Br)OCO3)[C@H]1CC=C[C@@H]21.